The molecule has 56 valence electrons. The first-order chi connectivity index (χ1) is 5.36. The lowest BCUT2D eigenvalue weighted by molar-refractivity contribution is 0.207. The second-order valence-corrected chi connectivity index (χ2v) is 2.52. The van der Waals surface area contributed by atoms with Gasteiger partial charge in [0, 0.05) is 5.56 Å². The number of rotatable bonds is 0. The van der Waals surface area contributed by atoms with Gasteiger partial charge >= 0.3 is 0 Å². The van der Waals surface area contributed by atoms with Crippen molar-refractivity contribution < 1.29 is 4.94 Å². The average Bonchev–Trinajstić information content (AvgIpc) is 2.04. The largest absolute Gasteiger partial charge is 0.271 e. The van der Waals surface area contributed by atoms with E-state index in [0.29, 0.717) is 0 Å². The molecule has 0 aromatic heterocycles. The fraction of sp³-hybridized carbons (Fsp3) is 0.125. The molecule has 0 atom stereocenters. The quantitative estimate of drug-likeness (QED) is 0.607. The average molecular weight is 148 g/mol. The molecular weight excluding hydrogens is 140 g/mol. The van der Waals surface area contributed by atoms with E-state index in [2.05, 4.69) is 15.6 Å². The third-order valence-corrected chi connectivity index (χ3v) is 1.61. The maximum Gasteiger partial charge on any atom is 0.0832 e. The lowest BCUT2D eigenvalue weighted by atomic mass is 10.1. The van der Waals surface area contributed by atoms with E-state index in [1.807, 2.05) is 25.1 Å². The number of benzene rings is 1. The summed E-state index contributed by atoms with van der Waals surface area (Å²) in [6.07, 6.45) is 1.69. The van der Waals surface area contributed by atoms with Crippen molar-refractivity contribution in [3.63, 3.8) is 0 Å². The number of nitrogens with one attached hydrogen (secondary N) is 1. The van der Waals surface area contributed by atoms with Gasteiger partial charge in [0.25, 0.3) is 0 Å². The Hall–Kier alpha value is -1.51. The molecule has 3 heteroatoms. The molecule has 1 aromatic carbocycles. The second-order valence-electron chi connectivity index (χ2n) is 2.52. The first-order valence-electron chi connectivity index (χ1n) is 3.42. The lowest BCUT2D eigenvalue weighted by Crippen LogP contribution is -2.04. The zero-order valence-electron chi connectivity index (χ0n) is 6.16. The van der Waals surface area contributed by atoms with Crippen molar-refractivity contribution >= 4 is 11.9 Å². The highest BCUT2D eigenvalue weighted by Gasteiger charge is 2.03. The monoisotopic (exact) mass is 148 g/mol. The number of hydrogen-bond acceptors (Lipinski definition) is 3. The third-order valence-electron chi connectivity index (χ3n) is 1.61. The van der Waals surface area contributed by atoms with Crippen LogP contribution >= 0.6 is 0 Å². The van der Waals surface area contributed by atoms with Crippen molar-refractivity contribution in [2.24, 2.45) is 5.16 Å². The number of hydrogen-bond donors (Lipinski definition) is 1. The van der Waals surface area contributed by atoms with Crippen LogP contribution in [0.2, 0.25) is 0 Å². The molecule has 0 bridgehead atoms. The maximum absolute atomic E-state index is 4.67. The van der Waals surface area contributed by atoms with Crippen LogP contribution in [0.25, 0.3) is 0 Å². The molecule has 1 heterocycles. The highest BCUT2D eigenvalue weighted by Crippen LogP contribution is 2.17. The van der Waals surface area contributed by atoms with E-state index >= 15 is 0 Å². The molecule has 1 aromatic rings. The van der Waals surface area contributed by atoms with E-state index in [-0.39, 0.29) is 0 Å². The van der Waals surface area contributed by atoms with Crippen LogP contribution < -0.4 is 5.48 Å². The molecule has 1 aliphatic rings. The summed E-state index contributed by atoms with van der Waals surface area (Å²) >= 11 is 0. The van der Waals surface area contributed by atoms with Crippen LogP contribution in [0.15, 0.2) is 23.4 Å². The molecule has 11 heavy (non-hydrogen) atoms. The van der Waals surface area contributed by atoms with Crippen LogP contribution in [-0.2, 0) is 4.94 Å². The minimum absolute atomic E-state index is 0.972. The Morgan fingerprint density at radius 1 is 1.45 bits per heavy atom. The topological polar surface area (TPSA) is 33.6 Å². The van der Waals surface area contributed by atoms with Crippen molar-refractivity contribution in [3.8, 4) is 0 Å². The third kappa shape index (κ3) is 1.05. The van der Waals surface area contributed by atoms with Gasteiger partial charge in [0.2, 0.25) is 0 Å². The molecule has 3 nitrogen and oxygen atoms in total. The van der Waals surface area contributed by atoms with Crippen LogP contribution in [0.4, 0.5) is 5.69 Å². The molecule has 0 saturated heterocycles. The normalized spacial score (nSPS) is 13.2. The Kier molecular flexibility index (Phi) is 1.28. The zero-order chi connectivity index (χ0) is 7.68. The Balaban J connectivity index is 2.53. The van der Waals surface area contributed by atoms with Gasteiger partial charge in [-0.05, 0) is 18.6 Å². The highest BCUT2D eigenvalue weighted by atomic mass is 16.8. The maximum atomic E-state index is 4.67. The van der Waals surface area contributed by atoms with Gasteiger partial charge in [0.1, 0.15) is 0 Å². The van der Waals surface area contributed by atoms with Gasteiger partial charge in [-0.3, -0.25) is 4.94 Å². The molecule has 0 spiro atoms. The number of aryl methyl sites for hydroxylation is 1. The molecule has 0 amide bonds. The summed E-state index contributed by atoms with van der Waals surface area (Å²) in [6, 6.07) is 6.06. The fourth-order valence-corrected chi connectivity index (χ4v) is 1.03. The van der Waals surface area contributed by atoms with Crippen LogP contribution in [0.3, 0.4) is 0 Å². The molecule has 1 N–H and O–H groups in total. The molecule has 0 radical (unpaired) electrons. The summed E-state index contributed by atoms with van der Waals surface area (Å²) in [4.78, 5) is 4.67. The van der Waals surface area contributed by atoms with Crippen molar-refractivity contribution in [3.05, 3.63) is 29.3 Å². The Labute approximate surface area is 64.6 Å². The van der Waals surface area contributed by atoms with E-state index in [9.17, 15) is 0 Å². The predicted molar refractivity (Wildman–Crippen MR) is 43.5 cm³/mol. The first kappa shape index (κ1) is 6.22. The minimum atomic E-state index is 0.972. The predicted octanol–water partition coefficient (Wildman–Crippen LogP) is 1.69. The summed E-state index contributed by atoms with van der Waals surface area (Å²) < 4.78 is 0. The number of anilines is 1. The van der Waals surface area contributed by atoms with Crippen LogP contribution in [0.1, 0.15) is 11.1 Å². The Morgan fingerprint density at radius 2 is 2.36 bits per heavy atom. The van der Waals surface area contributed by atoms with Crippen molar-refractivity contribution in [1.82, 2.24) is 0 Å². The van der Waals surface area contributed by atoms with E-state index < -0.39 is 0 Å². The molecule has 0 unspecified atom stereocenters. The van der Waals surface area contributed by atoms with Crippen molar-refractivity contribution in [2.75, 3.05) is 5.48 Å². The van der Waals surface area contributed by atoms with Crippen LogP contribution in [-0.4, -0.2) is 6.21 Å². The van der Waals surface area contributed by atoms with Gasteiger partial charge in [-0.25, -0.2) is 0 Å². The van der Waals surface area contributed by atoms with E-state index in [4.69, 9.17) is 0 Å². The van der Waals surface area contributed by atoms with E-state index in [1.165, 1.54) is 5.56 Å². The van der Waals surface area contributed by atoms with E-state index in [0.717, 1.165) is 11.3 Å². The summed E-state index contributed by atoms with van der Waals surface area (Å²) in [6.45, 7) is 2.04. The first-order valence-corrected chi connectivity index (χ1v) is 3.42. The standard InChI is InChI=1S/C8H8N2O/c1-6-2-3-7-5-9-11-10-8(7)4-6/h2-5,10H,1H3. The van der Waals surface area contributed by atoms with Gasteiger partial charge in [0.05, 0.1) is 11.9 Å². The van der Waals surface area contributed by atoms with Gasteiger partial charge in [0.15, 0.2) is 0 Å². The Bertz CT molecular complexity index is 307. The molecule has 0 saturated carbocycles. The van der Waals surface area contributed by atoms with Crippen molar-refractivity contribution in [1.29, 1.82) is 0 Å². The molecule has 1 aliphatic heterocycles. The minimum Gasteiger partial charge on any atom is -0.271 e. The van der Waals surface area contributed by atoms with Gasteiger partial charge in [-0.15, -0.1) is 0 Å². The summed E-state index contributed by atoms with van der Waals surface area (Å²) in [5.41, 5.74) is 5.94. The van der Waals surface area contributed by atoms with Crippen LogP contribution in [0, 0.1) is 6.92 Å². The summed E-state index contributed by atoms with van der Waals surface area (Å²) in [7, 11) is 0. The molecule has 0 aliphatic carbocycles. The van der Waals surface area contributed by atoms with Crippen molar-refractivity contribution in [2.45, 2.75) is 6.92 Å². The highest BCUT2D eigenvalue weighted by molar-refractivity contribution is 5.88. The van der Waals surface area contributed by atoms with Crippen LogP contribution in [0.5, 0.6) is 0 Å². The Morgan fingerprint density at radius 3 is 3.27 bits per heavy atom. The molecule has 2 rings (SSSR count). The number of oxime groups is 1. The second kappa shape index (κ2) is 2.27. The van der Waals surface area contributed by atoms with Gasteiger partial charge < -0.3 is 0 Å². The number of fused-ring (bicyclic) bond motifs is 1. The fourth-order valence-electron chi connectivity index (χ4n) is 1.03. The smallest absolute Gasteiger partial charge is 0.0832 e. The van der Waals surface area contributed by atoms with E-state index in [1.54, 1.807) is 6.21 Å². The SMILES string of the molecule is Cc1ccc2c(c1)NON=C2. The summed E-state index contributed by atoms with van der Waals surface area (Å²) in [5.74, 6) is 0. The lowest BCUT2D eigenvalue weighted by Gasteiger charge is -2.10. The van der Waals surface area contributed by atoms with Gasteiger partial charge in [-0.1, -0.05) is 17.3 Å². The number of nitrogens with zero attached hydrogens (tertiary/aromatic N) is 1. The summed E-state index contributed by atoms with van der Waals surface area (Å²) in [5, 5.41) is 3.61. The molecule has 0 fully saturated rings. The zero-order valence-corrected chi connectivity index (χ0v) is 6.16. The van der Waals surface area contributed by atoms with Gasteiger partial charge in [-0.2, -0.15) is 5.48 Å². The molecular formula is C8H8N2O.